The van der Waals surface area contributed by atoms with Crippen molar-refractivity contribution >= 4 is 33.1 Å². The Kier molecular flexibility index (Phi) is 4.59. The molecule has 0 saturated carbocycles. The topological polar surface area (TPSA) is 71.4 Å². The summed E-state index contributed by atoms with van der Waals surface area (Å²) in [6.45, 7) is 0. The van der Waals surface area contributed by atoms with E-state index in [1.165, 1.54) is 0 Å². The van der Waals surface area contributed by atoms with Crippen LogP contribution >= 0.6 is 0 Å². The van der Waals surface area contributed by atoms with Crippen LogP contribution in [0.4, 0.5) is 0 Å². The molecule has 4 nitrogen and oxygen atoms in total. The van der Waals surface area contributed by atoms with Gasteiger partial charge >= 0.3 is 10.1 Å². The molecule has 0 aromatic rings. The van der Waals surface area contributed by atoms with Crippen LogP contribution in [0.15, 0.2) is 0 Å². The summed E-state index contributed by atoms with van der Waals surface area (Å²) in [5.41, 5.74) is -0.535. The first-order valence-corrected chi connectivity index (χ1v) is 2.49. The molecule has 0 aliphatic rings. The lowest BCUT2D eigenvalue weighted by molar-refractivity contribution is 0.487. The molecule has 0 rings (SSSR count). The fraction of sp³-hybridized carbons (Fsp3) is 0. The van der Waals surface area contributed by atoms with Gasteiger partial charge in [0.2, 0.25) is 0 Å². The third kappa shape index (κ3) is 10.7. The average molecular weight is 140 g/mol. The van der Waals surface area contributed by atoms with Crippen LogP contribution in [-0.2, 0) is 14.9 Å². The second-order valence-electron chi connectivity index (χ2n) is 0.611. The lowest BCUT2D eigenvalue weighted by atomic mass is 11.8. The standard InChI is InChI=1S/CH2O4S.Al.3H/c2-1-6(3,4)5;;;;/h1H,(H,3,4,5);;;;. The van der Waals surface area contributed by atoms with Crippen molar-refractivity contribution in [1.82, 2.24) is 0 Å². The summed E-state index contributed by atoms with van der Waals surface area (Å²) >= 11 is 0. The van der Waals surface area contributed by atoms with Gasteiger partial charge in [-0.15, -0.1) is 0 Å². The molecule has 0 heterocycles. The summed E-state index contributed by atoms with van der Waals surface area (Å²) in [5, 5.41) is 0. The molecule has 0 atom stereocenters. The molecular weight excluding hydrogens is 135 g/mol. The molecule has 0 spiro atoms. The van der Waals surface area contributed by atoms with Gasteiger partial charge in [-0.1, -0.05) is 0 Å². The Morgan fingerprint density at radius 2 is 1.57 bits per heavy atom. The fourth-order valence-corrected chi connectivity index (χ4v) is 0. The Hall–Kier alpha value is 0.112. The van der Waals surface area contributed by atoms with Crippen molar-refractivity contribution in [1.29, 1.82) is 0 Å². The predicted molar refractivity (Wildman–Crippen MR) is 28.2 cm³/mol. The summed E-state index contributed by atoms with van der Waals surface area (Å²) in [6.07, 6.45) is 0. The Morgan fingerprint density at radius 1 is 1.43 bits per heavy atom. The second kappa shape index (κ2) is 3.16. The smallest absolute Gasteiger partial charge is 0.283 e. The summed E-state index contributed by atoms with van der Waals surface area (Å²) < 4.78 is 25.8. The van der Waals surface area contributed by atoms with E-state index in [1.54, 1.807) is 0 Å². The fourth-order valence-electron chi connectivity index (χ4n) is 0. The highest BCUT2D eigenvalue weighted by Crippen LogP contribution is 1.64. The monoisotopic (exact) mass is 140 g/mol. The van der Waals surface area contributed by atoms with Crippen LogP contribution in [0.25, 0.3) is 0 Å². The minimum Gasteiger partial charge on any atom is -0.283 e. The lowest BCUT2D eigenvalue weighted by Gasteiger charge is -1.68. The predicted octanol–water partition coefficient (Wildman–Crippen LogP) is -2.12. The van der Waals surface area contributed by atoms with Crippen molar-refractivity contribution in [2.24, 2.45) is 0 Å². The Balaban J connectivity index is 0. The van der Waals surface area contributed by atoms with Gasteiger partial charge in [-0.05, 0) is 0 Å². The highest BCUT2D eigenvalue weighted by atomic mass is 32.2. The second-order valence-corrected chi connectivity index (χ2v) is 1.83. The molecule has 0 amide bonds. The van der Waals surface area contributed by atoms with Gasteiger partial charge in [0.25, 0.3) is 5.62 Å². The van der Waals surface area contributed by atoms with Gasteiger partial charge in [0, 0.05) is 0 Å². The molecule has 6 heteroatoms. The van der Waals surface area contributed by atoms with Crippen molar-refractivity contribution in [3.8, 4) is 0 Å². The number of carbonyl (C=O) groups excluding carboxylic acids is 1. The van der Waals surface area contributed by atoms with Gasteiger partial charge in [0.15, 0.2) is 17.4 Å². The lowest BCUT2D eigenvalue weighted by Crippen LogP contribution is -1.94. The number of carbonyl (C=O) groups is 1. The number of hydrogen-bond donors (Lipinski definition) is 1. The number of rotatable bonds is 1. The first kappa shape index (κ1) is 10.2. The minimum absolute atomic E-state index is 0. The quantitative estimate of drug-likeness (QED) is 0.257. The van der Waals surface area contributed by atoms with E-state index in [0.29, 0.717) is 0 Å². The Bertz CT molecular complexity index is 122. The molecule has 0 fully saturated rings. The third-order valence-corrected chi connectivity index (χ3v) is 0.365. The molecule has 7 heavy (non-hydrogen) atoms. The van der Waals surface area contributed by atoms with Crippen LogP contribution in [0.1, 0.15) is 0 Å². The Labute approximate surface area is 51.4 Å². The molecule has 0 aliphatic carbocycles. The van der Waals surface area contributed by atoms with E-state index in [9.17, 15) is 8.42 Å². The molecule has 0 aliphatic heterocycles. The van der Waals surface area contributed by atoms with Gasteiger partial charge in [-0.25, -0.2) is 0 Å². The van der Waals surface area contributed by atoms with Crippen molar-refractivity contribution < 1.29 is 17.8 Å². The van der Waals surface area contributed by atoms with Crippen LogP contribution in [0.3, 0.4) is 0 Å². The average Bonchev–Trinajstić information content (AvgIpc) is 1.35. The summed E-state index contributed by atoms with van der Waals surface area (Å²) in [7, 11) is -4.34. The summed E-state index contributed by atoms with van der Waals surface area (Å²) in [4.78, 5) is 8.99. The molecular formula is CH5AlO4S. The first-order chi connectivity index (χ1) is 2.56. The maximum Gasteiger partial charge on any atom is 0.325 e. The highest BCUT2D eigenvalue weighted by Gasteiger charge is 1.94. The molecule has 0 unspecified atom stereocenters. The van der Waals surface area contributed by atoms with Gasteiger partial charge < -0.3 is 0 Å². The maximum atomic E-state index is 9.19. The normalized spacial score (nSPS) is 9.29. The molecule has 42 valence electrons. The van der Waals surface area contributed by atoms with E-state index >= 15 is 0 Å². The first-order valence-electron chi connectivity index (χ1n) is 0.987. The van der Waals surface area contributed by atoms with Gasteiger partial charge in [-0.2, -0.15) is 8.42 Å². The van der Waals surface area contributed by atoms with Crippen molar-refractivity contribution in [2.75, 3.05) is 0 Å². The van der Waals surface area contributed by atoms with Crippen LogP contribution in [0, 0.1) is 0 Å². The Morgan fingerprint density at radius 3 is 1.57 bits per heavy atom. The van der Waals surface area contributed by atoms with E-state index in [-0.39, 0.29) is 17.4 Å². The van der Waals surface area contributed by atoms with Gasteiger partial charge in [-0.3, -0.25) is 9.35 Å². The molecule has 0 aromatic carbocycles. The van der Waals surface area contributed by atoms with Crippen LogP contribution in [0.5, 0.6) is 0 Å². The minimum atomic E-state index is -4.34. The summed E-state index contributed by atoms with van der Waals surface area (Å²) in [6, 6.07) is 0. The van der Waals surface area contributed by atoms with E-state index in [4.69, 9.17) is 9.35 Å². The molecule has 0 bridgehead atoms. The molecule has 0 radical (unpaired) electrons. The van der Waals surface area contributed by atoms with Crippen LogP contribution in [-0.4, -0.2) is 35.9 Å². The zero-order chi connectivity index (χ0) is 5.21. The van der Waals surface area contributed by atoms with E-state index < -0.39 is 15.7 Å². The van der Waals surface area contributed by atoms with Gasteiger partial charge in [0.05, 0.1) is 0 Å². The zero-order valence-corrected chi connectivity index (χ0v) is 3.47. The largest absolute Gasteiger partial charge is 0.325 e. The summed E-state index contributed by atoms with van der Waals surface area (Å²) in [5.74, 6) is 0. The maximum absolute atomic E-state index is 9.19. The van der Waals surface area contributed by atoms with Crippen LogP contribution < -0.4 is 0 Å². The third-order valence-electron chi connectivity index (χ3n) is 0.122. The molecule has 1 N–H and O–H groups in total. The van der Waals surface area contributed by atoms with E-state index in [0.717, 1.165) is 0 Å². The molecule has 0 saturated heterocycles. The highest BCUT2D eigenvalue weighted by molar-refractivity contribution is 7.99. The molecule has 0 aromatic heterocycles. The van der Waals surface area contributed by atoms with Crippen LogP contribution in [0.2, 0.25) is 0 Å². The van der Waals surface area contributed by atoms with Crippen molar-refractivity contribution in [3.05, 3.63) is 0 Å². The van der Waals surface area contributed by atoms with Crippen molar-refractivity contribution in [2.45, 2.75) is 0 Å². The SMILES string of the molecule is O=CS(=O)(=O)O.[AlH3]. The zero-order valence-electron chi connectivity index (χ0n) is 2.66. The van der Waals surface area contributed by atoms with Crippen molar-refractivity contribution in [3.63, 3.8) is 0 Å². The van der Waals surface area contributed by atoms with E-state index in [2.05, 4.69) is 0 Å². The van der Waals surface area contributed by atoms with E-state index in [1.807, 2.05) is 0 Å². The van der Waals surface area contributed by atoms with Gasteiger partial charge in [0.1, 0.15) is 0 Å². The number of hydrogen-bond acceptors (Lipinski definition) is 3.